The van der Waals surface area contributed by atoms with E-state index in [1.165, 1.54) is 12.1 Å². The minimum atomic E-state index is -0.604. The predicted octanol–water partition coefficient (Wildman–Crippen LogP) is 2.71. The molecule has 0 N–H and O–H groups in total. The van der Waals surface area contributed by atoms with Gasteiger partial charge < -0.3 is 9.64 Å². The molecular formula is C14H20FNO2. The maximum atomic E-state index is 13.4. The first-order valence-electron chi connectivity index (χ1n) is 6.26. The summed E-state index contributed by atoms with van der Waals surface area (Å²) >= 11 is 0. The number of nitrogens with zero attached hydrogens (tertiary/aromatic N) is 1. The lowest BCUT2D eigenvalue weighted by molar-refractivity contribution is 0.0255. The number of ether oxygens (including phenoxy) is 1. The van der Waals surface area contributed by atoms with Crippen LogP contribution in [-0.2, 0) is 4.74 Å². The minimum Gasteiger partial charge on any atom is -0.458 e. The van der Waals surface area contributed by atoms with E-state index in [1.807, 2.05) is 6.92 Å². The highest BCUT2D eigenvalue weighted by Crippen LogP contribution is 2.09. The van der Waals surface area contributed by atoms with Gasteiger partial charge in [0.15, 0.2) is 0 Å². The highest BCUT2D eigenvalue weighted by molar-refractivity contribution is 5.89. The molecule has 0 aromatic heterocycles. The molecule has 0 aliphatic rings. The lowest BCUT2D eigenvalue weighted by Crippen LogP contribution is -2.33. The van der Waals surface area contributed by atoms with Crippen molar-refractivity contribution in [1.82, 2.24) is 4.90 Å². The zero-order valence-corrected chi connectivity index (χ0v) is 11.1. The van der Waals surface area contributed by atoms with E-state index in [2.05, 4.69) is 18.7 Å². The van der Waals surface area contributed by atoms with Crippen LogP contribution in [0.4, 0.5) is 4.39 Å². The third-order valence-corrected chi connectivity index (χ3v) is 2.81. The van der Waals surface area contributed by atoms with Gasteiger partial charge in [0, 0.05) is 6.54 Å². The van der Waals surface area contributed by atoms with E-state index in [-0.39, 0.29) is 11.7 Å². The van der Waals surface area contributed by atoms with Gasteiger partial charge in [-0.1, -0.05) is 26.0 Å². The fourth-order valence-corrected chi connectivity index (χ4v) is 1.76. The predicted molar refractivity (Wildman–Crippen MR) is 69.1 cm³/mol. The largest absolute Gasteiger partial charge is 0.458 e. The monoisotopic (exact) mass is 253 g/mol. The summed E-state index contributed by atoms with van der Waals surface area (Å²) in [6, 6.07) is 5.85. The molecule has 3 nitrogen and oxygen atoms in total. The van der Waals surface area contributed by atoms with Crippen LogP contribution in [-0.4, -0.2) is 36.6 Å². The number of likely N-dealkylation sites (N-methyl/N-ethyl adjacent to an activating group) is 1. The van der Waals surface area contributed by atoms with Crippen LogP contribution in [0, 0.1) is 5.82 Å². The van der Waals surface area contributed by atoms with Crippen LogP contribution in [0.2, 0.25) is 0 Å². The van der Waals surface area contributed by atoms with Gasteiger partial charge in [0.25, 0.3) is 0 Å². The second-order valence-electron chi connectivity index (χ2n) is 4.18. The topological polar surface area (TPSA) is 29.5 Å². The second-order valence-corrected chi connectivity index (χ2v) is 4.18. The van der Waals surface area contributed by atoms with Crippen LogP contribution >= 0.6 is 0 Å². The van der Waals surface area contributed by atoms with Gasteiger partial charge in [-0.05, 0) is 32.1 Å². The Morgan fingerprint density at radius 2 is 1.94 bits per heavy atom. The summed E-state index contributed by atoms with van der Waals surface area (Å²) in [4.78, 5) is 13.9. The lowest BCUT2D eigenvalue weighted by Gasteiger charge is -2.22. The first kappa shape index (κ1) is 14.6. The average Bonchev–Trinajstić information content (AvgIpc) is 2.36. The van der Waals surface area contributed by atoms with Crippen LogP contribution < -0.4 is 0 Å². The number of hydrogen-bond donors (Lipinski definition) is 0. The highest BCUT2D eigenvalue weighted by atomic mass is 19.1. The summed E-state index contributed by atoms with van der Waals surface area (Å²) in [6.07, 6.45) is -0.253. The van der Waals surface area contributed by atoms with Crippen molar-refractivity contribution in [1.29, 1.82) is 0 Å². The van der Waals surface area contributed by atoms with E-state index in [1.54, 1.807) is 12.1 Å². The molecule has 0 saturated heterocycles. The van der Waals surface area contributed by atoms with Crippen molar-refractivity contribution < 1.29 is 13.9 Å². The quantitative estimate of drug-likeness (QED) is 0.730. The van der Waals surface area contributed by atoms with Gasteiger partial charge in [0.1, 0.15) is 11.9 Å². The summed E-state index contributed by atoms with van der Waals surface area (Å²) in [7, 11) is 0. The van der Waals surface area contributed by atoms with Gasteiger partial charge in [-0.25, -0.2) is 9.18 Å². The molecule has 1 atom stereocenters. The van der Waals surface area contributed by atoms with E-state index in [0.29, 0.717) is 6.54 Å². The number of esters is 1. The van der Waals surface area contributed by atoms with Crippen molar-refractivity contribution in [2.24, 2.45) is 0 Å². The van der Waals surface area contributed by atoms with E-state index in [9.17, 15) is 9.18 Å². The van der Waals surface area contributed by atoms with E-state index < -0.39 is 11.8 Å². The summed E-state index contributed by atoms with van der Waals surface area (Å²) in [6.45, 7) is 8.38. The van der Waals surface area contributed by atoms with Crippen molar-refractivity contribution in [2.75, 3.05) is 19.6 Å². The minimum absolute atomic E-state index is 0.0103. The zero-order chi connectivity index (χ0) is 13.5. The Morgan fingerprint density at radius 1 is 1.33 bits per heavy atom. The molecule has 0 unspecified atom stereocenters. The van der Waals surface area contributed by atoms with Crippen molar-refractivity contribution in [3.05, 3.63) is 35.6 Å². The summed E-state index contributed by atoms with van der Waals surface area (Å²) in [5.74, 6) is -1.15. The normalized spacial score (nSPS) is 12.5. The van der Waals surface area contributed by atoms with Crippen molar-refractivity contribution in [2.45, 2.75) is 26.9 Å². The molecule has 1 aromatic rings. The van der Waals surface area contributed by atoms with Crippen LogP contribution in [0.15, 0.2) is 24.3 Å². The molecule has 4 heteroatoms. The van der Waals surface area contributed by atoms with E-state index >= 15 is 0 Å². The molecular weight excluding hydrogens is 233 g/mol. The molecule has 100 valence electrons. The maximum Gasteiger partial charge on any atom is 0.341 e. The third-order valence-electron chi connectivity index (χ3n) is 2.81. The molecule has 18 heavy (non-hydrogen) atoms. The van der Waals surface area contributed by atoms with Gasteiger partial charge in [-0.2, -0.15) is 0 Å². The van der Waals surface area contributed by atoms with Crippen LogP contribution in [0.25, 0.3) is 0 Å². The second kappa shape index (κ2) is 7.11. The molecule has 0 amide bonds. The number of carbonyl (C=O) groups is 1. The van der Waals surface area contributed by atoms with Crippen LogP contribution in [0.1, 0.15) is 31.1 Å². The fourth-order valence-electron chi connectivity index (χ4n) is 1.76. The Kier molecular flexibility index (Phi) is 5.78. The molecule has 0 aliphatic heterocycles. The average molecular weight is 253 g/mol. The van der Waals surface area contributed by atoms with Crippen molar-refractivity contribution in [3.8, 4) is 0 Å². The van der Waals surface area contributed by atoms with Crippen LogP contribution in [0.3, 0.4) is 0 Å². The molecule has 0 heterocycles. The molecule has 0 spiro atoms. The van der Waals surface area contributed by atoms with Crippen molar-refractivity contribution >= 4 is 5.97 Å². The number of halogens is 1. The SMILES string of the molecule is CCN(CC)C[C@@H](C)OC(=O)c1ccccc1F. The number of rotatable bonds is 6. The van der Waals surface area contributed by atoms with Gasteiger partial charge in [0.05, 0.1) is 5.56 Å². The fraction of sp³-hybridized carbons (Fsp3) is 0.500. The molecule has 1 aromatic carbocycles. The molecule has 1 rings (SSSR count). The zero-order valence-electron chi connectivity index (χ0n) is 11.1. The Hall–Kier alpha value is -1.42. The Morgan fingerprint density at radius 3 is 2.50 bits per heavy atom. The smallest absolute Gasteiger partial charge is 0.341 e. The third kappa shape index (κ3) is 4.11. The Labute approximate surface area is 108 Å². The van der Waals surface area contributed by atoms with Crippen LogP contribution in [0.5, 0.6) is 0 Å². The number of carbonyl (C=O) groups excluding carboxylic acids is 1. The molecule has 0 aliphatic carbocycles. The molecule has 0 saturated carbocycles. The van der Waals surface area contributed by atoms with Gasteiger partial charge >= 0.3 is 5.97 Å². The maximum absolute atomic E-state index is 13.4. The highest BCUT2D eigenvalue weighted by Gasteiger charge is 2.16. The molecule has 0 fully saturated rings. The van der Waals surface area contributed by atoms with Crippen molar-refractivity contribution in [3.63, 3.8) is 0 Å². The first-order valence-corrected chi connectivity index (χ1v) is 6.26. The standard InChI is InChI=1S/C14H20FNO2/c1-4-16(5-2)10-11(3)18-14(17)12-8-6-7-9-13(12)15/h6-9,11H,4-5,10H2,1-3H3/t11-/m1/s1. The number of benzene rings is 1. The van der Waals surface area contributed by atoms with E-state index in [4.69, 9.17) is 4.74 Å². The van der Waals surface area contributed by atoms with Gasteiger partial charge in [-0.3, -0.25) is 0 Å². The Balaban J connectivity index is 2.57. The summed E-state index contributed by atoms with van der Waals surface area (Å²) in [5.41, 5.74) is -0.0103. The van der Waals surface area contributed by atoms with Gasteiger partial charge in [0.2, 0.25) is 0 Å². The first-order chi connectivity index (χ1) is 8.58. The number of hydrogen-bond acceptors (Lipinski definition) is 3. The summed E-state index contributed by atoms with van der Waals surface area (Å²) < 4.78 is 18.6. The van der Waals surface area contributed by atoms with E-state index in [0.717, 1.165) is 13.1 Å². The molecule has 0 bridgehead atoms. The Bertz CT molecular complexity index is 391. The lowest BCUT2D eigenvalue weighted by atomic mass is 10.2. The van der Waals surface area contributed by atoms with Gasteiger partial charge in [-0.15, -0.1) is 0 Å². The molecule has 0 radical (unpaired) electrons. The summed E-state index contributed by atoms with van der Waals surface area (Å²) in [5, 5.41) is 0.